The molecular formula is C25H26N4O3S. The number of nitrogens with zero attached hydrogens (tertiary/aromatic N) is 2. The van der Waals surface area contributed by atoms with Crippen molar-refractivity contribution in [2.75, 3.05) is 35.6 Å². The van der Waals surface area contributed by atoms with Crippen LogP contribution < -0.4 is 15.5 Å². The van der Waals surface area contributed by atoms with Gasteiger partial charge in [-0.1, -0.05) is 24.3 Å². The van der Waals surface area contributed by atoms with Gasteiger partial charge in [-0.05, 0) is 49.7 Å². The summed E-state index contributed by atoms with van der Waals surface area (Å²) >= 11 is 1.51. The molecule has 2 aliphatic rings. The van der Waals surface area contributed by atoms with Gasteiger partial charge in [-0.15, -0.1) is 11.8 Å². The van der Waals surface area contributed by atoms with Crippen molar-refractivity contribution >= 4 is 46.0 Å². The highest BCUT2D eigenvalue weighted by molar-refractivity contribution is 8.00. The zero-order valence-corrected chi connectivity index (χ0v) is 19.1. The summed E-state index contributed by atoms with van der Waals surface area (Å²) in [7, 11) is 0. The van der Waals surface area contributed by atoms with E-state index >= 15 is 0 Å². The number of hydrogen-bond acceptors (Lipinski definition) is 6. The lowest BCUT2D eigenvalue weighted by molar-refractivity contribution is -0.113. The average Bonchev–Trinajstić information content (AvgIpc) is 3.21. The average molecular weight is 463 g/mol. The molecule has 0 bridgehead atoms. The van der Waals surface area contributed by atoms with E-state index < -0.39 is 0 Å². The van der Waals surface area contributed by atoms with Crippen LogP contribution in [-0.4, -0.2) is 48.5 Å². The third-order valence-corrected chi connectivity index (χ3v) is 6.95. The number of anilines is 2. The van der Waals surface area contributed by atoms with Gasteiger partial charge in [-0.25, -0.2) is 4.79 Å². The number of aromatic nitrogens is 1. The first-order valence-electron chi connectivity index (χ1n) is 11.3. The molecule has 7 nitrogen and oxygen atoms in total. The van der Waals surface area contributed by atoms with E-state index in [1.165, 1.54) is 11.8 Å². The summed E-state index contributed by atoms with van der Waals surface area (Å²) in [5.41, 5.74) is 3.63. The van der Waals surface area contributed by atoms with E-state index in [0.29, 0.717) is 12.3 Å². The van der Waals surface area contributed by atoms with Gasteiger partial charge in [0.25, 0.3) is 0 Å². The lowest BCUT2D eigenvalue weighted by Crippen LogP contribution is -2.26. The number of carbonyl (C=O) groups is 2. The Bertz CT molecular complexity index is 1190. The molecule has 1 atom stereocenters. The minimum atomic E-state index is -0.329. The quantitative estimate of drug-likeness (QED) is 0.488. The number of para-hydroxylation sites is 1. The predicted octanol–water partition coefficient (Wildman–Crippen LogP) is 4.22. The van der Waals surface area contributed by atoms with E-state index in [1.807, 2.05) is 36.4 Å². The van der Waals surface area contributed by atoms with Crippen molar-refractivity contribution in [3.8, 4) is 0 Å². The van der Waals surface area contributed by atoms with Gasteiger partial charge in [0.1, 0.15) is 6.10 Å². The van der Waals surface area contributed by atoms with Crippen molar-refractivity contribution in [2.45, 2.75) is 30.3 Å². The standard InChI is InChI=1S/C25H26N4O3S/c30-24-16-33-23-10-9-19(14-22(23)28-24)29-15-20(32-25(29)31)5-3-12-26-13-11-18-8-7-17-4-1-2-6-21(17)27-18/h1-2,4,6-10,14,20,26H,3,5,11-13,15-16H2,(H,28,30). The monoisotopic (exact) mass is 462 g/mol. The van der Waals surface area contributed by atoms with Crippen LogP contribution in [0.2, 0.25) is 0 Å². The molecule has 3 aromatic rings. The maximum absolute atomic E-state index is 12.4. The van der Waals surface area contributed by atoms with Crippen LogP contribution in [0.15, 0.2) is 59.5 Å². The lowest BCUT2D eigenvalue weighted by Gasteiger charge is -2.20. The molecule has 1 unspecified atom stereocenters. The van der Waals surface area contributed by atoms with Gasteiger partial charge in [-0.2, -0.15) is 0 Å². The first-order chi connectivity index (χ1) is 16.2. The highest BCUT2D eigenvalue weighted by Crippen LogP contribution is 2.35. The lowest BCUT2D eigenvalue weighted by atomic mass is 10.1. The molecule has 0 radical (unpaired) electrons. The summed E-state index contributed by atoms with van der Waals surface area (Å²) in [6.45, 7) is 2.25. The molecule has 1 saturated heterocycles. The number of benzene rings is 2. The van der Waals surface area contributed by atoms with Crippen LogP contribution in [0.1, 0.15) is 18.5 Å². The van der Waals surface area contributed by atoms with Crippen molar-refractivity contribution in [2.24, 2.45) is 0 Å². The Morgan fingerprint density at radius 3 is 2.97 bits per heavy atom. The van der Waals surface area contributed by atoms with Crippen LogP contribution in [-0.2, 0) is 16.0 Å². The van der Waals surface area contributed by atoms with Crippen LogP contribution in [0.5, 0.6) is 0 Å². The molecule has 8 heteroatoms. The molecule has 170 valence electrons. The molecule has 0 spiro atoms. The van der Waals surface area contributed by atoms with Gasteiger partial charge in [0.15, 0.2) is 0 Å². The van der Waals surface area contributed by atoms with E-state index in [1.54, 1.807) is 4.90 Å². The summed E-state index contributed by atoms with van der Waals surface area (Å²) in [6, 6.07) is 18.1. The van der Waals surface area contributed by atoms with Gasteiger partial charge < -0.3 is 15.4 Å². The summed E-state index contributed by atoms with van der Waals surface area (Å²) in [6.07, 6.45) is 2.16. The number of carbonyl (C=O) groups excluding carboxylic acids is 2. The number of ether oxygens (including phenoxy) is 1. The molecule has 5 rings (SSSR count). The second-order valence-corrected chi connectivity index (χ2v) is 9.29. The largest absolute Gasteiger partial charge is 0.444 e. The van der Waals surface area contributed by atoms with Crippen LogP contribution in [0.25, 0.3) is 10.9 Å². The van der Waals surface area contributed by atoms with Gasteiger partial charge in [-0.3, -0.25) is 14.7 Å². The Balaban J connectivity index is 1.05. The number of cyclic esters (lactones) is 1. The molecule has 2 N–H and O–H groups in total. The van der Waals surface area contributed by atoms with Crippen molar-refractivity contribution in [1.29, 1.82) is 0 Å². The molecule has 2 amide bonds. The minimum absolute atomic E-state index is 0.0181. The SMILES string of the molecule is O=C1CSc2ccc(N3CC(CCCNCCc4ccc5ccccc5n4)OC3=O)cc2N1. The molecule has 33 heavy (non-hydrogen) atoms. The van der Waals surface area contributed by atoms with Crippen molar-refractivity contribution in [3.63, 3.8) is 0 Å². The Kier molecular flexibility index (Phi) is 6.46. The summed E-state index contributed by atoms with van der Waals surface area (Å²) in [5.74, 6) is 0.405. The van der Waals surface area contributed by atoms with Crippen molar-refractivity contribution in [1.82, 2.24) is 10.3 Å². The van der Waals surface area contributed by atoms with E-state index in [-0.39, 0.29) is 18.1 Å². The zero-order chi connectivity index (χ0) is 22.6. The molecule has 2 aliphatic heterocycles. The fourth-order valence-corrected chi connectivity index (χ4v) is 4.95. The van der Waals surface area contributed by atoms with Crippen molar-refractivity contribution in [3.05, 3.63) is 60.3 Å². The van der Waals surface area contributed by atoms with Gasteiger partial charge in [0.05, 0.1) is 23.5 Å². The molecule has 1 aromatic heterocycles. The van der Waals surface area contributed by atoms with Crippen LogP contribution in [0.3, 0.4) is 0 Å². The maximum atomic E-state index is 12.4. The highest BCUT2D eigenvalue weighted by atomic mass is 32.2. The number of pyridine rings is 1. The number of thioether (sulfide) groups is 1. The summed E-state index contributed by atoms with van der Waals surface area (Å²) < 4.78 is 5.57. The second kappa shape index (κ2) is 9.80. The van der Waals surface area contributed by atoms with E-state index in [2.05, 4.69) is 28.8 Å². The predicted molar refractivity (Wildman–Crippen MR) is 131 cm³/mol. The maximum Gasteiger partial charge on any atom is 0.414 e. The molecule has 1 fully saturated rings. The number of rotatable bonds is 8. The summed E-state index contributed by atoms with van der Waals surface area (Å²) in [4.78, 5) is 31.4. The van der Waals surface area contributed by atoms with E-state index in [9.17, 15) is 9.59 Å². The molecule has 3 heterocycles. The molecule has 0 aliphatic carbocycles. The number of amides is 2. The Morgan fingerprint density at radius 2 is 2.03 bits per heavy atom. The summed E-state index contributed by atoms with van der Waals surface area (Å²) in [5, 5.41) is 7.50. The Labute approximate surface area is 196 Å². The van der Waals surface area contributed by atoms with Crippen molar-refractivity contribution < 1.29 is 14.3 Å². The smallest absolute Gasteiger partial charge is 0.414 e. The third-order valence-electron chi connectivity index (χ3n) is 5.88. The van der Waals surface area contributed by atoms with E-state index in [0.717, 1.165) is 65.2 Å². The Hall–Kier alpha value is -3.10. The number of nitrogens with one attached hydrogen (secondary N) is 2. The molecule has 2 aromatic carbocycles. The number of fused-ring (bicyclic) bond motifs is 2. The van der Waals surface area contributed by atoms with Gasteiger partial charge in [0.2, 0.25) is 5.91 Å². The fourth-order valence-electron chi connectivity index (χ4n) is 4.17. The molecular weight excluding hydrogens is 436 g/mol. The first-order valence-corrected chi connectivity index (χ1v) is 12.2. The number of hydrogen-bond donors (Lipinski definition) is 2. The first kappa shape index (κ1) is 21.7. The normalized spacial score (nSPS) is 17.7. The zero-order valence-electron chi connectivity index (χ0n) is 18.3. The molecule has 0 saturated carbocycles. The van der Waals surface area contributed by atoms with E-state index in [4.69, 9.17) is 9.72 Å². The topological polar surface area (TPSA) is 83.6 Å². The van der Waals surface area contributed by atoms with Crippen LogP contribution >= 0.6 is 11.8 Å². The second-order valence-electron chi connectivity index (χ2n) is 8.27. The Morgan fingerprint density at radius 1 is 1.12 bits per heavy atom. The third kappa shape index (κ3) is 5.12. The highest BCUT2D eigenvalue weighted by Gasteiger charge is 2.32. The van der Waals surface area contributed by atoms with Crippen LogP contribution in [0.4, 0.5) is 16.2 Å². The minimum Gasteiger partial charge on any atom is -0.444 e. The van der Waals surface area contributed by atoms with Gasteiger partial charge >= 0.3 is 6.09 Å². The van der Waals surface area contributed by atoms with Crippen LogP contribution in [0, 0.1) is 0 Å². The fraction of sp³-hybridized carbons (Fsp3) is 0.320. The van der Waals surface area contributed by atoms with Gasteiger partial charge in [0, 0.05) is 34.6 Å².